The van der Waals surface area contributed by atoms with E-state index >= 15 is 0 Å². The van der Waals surface area contributed by atoms with E-state index < -0.39 is 0 Å². The van der Waals surface area contributed by atoms with E-state index in [4.69, 9.17) is 22.0 Å². The Labute approximate surface area is 117 Å². The summed E-state index contributed by atoms with van der Waals surface area (Å²) in [6.07, 6.45) is 1.57. The topological polar surface area (TPSA) is 134 Å². The molecule has 0 atom stereocenters. The Morgan fingerprint density at radius 3 is 2.55 bits per heavy atom. The van der Waals surface area contributed by atoms with Crippen LogP contribution >= 0.6 is 0 Å². The van der Waals surface area contributed by atoms with Gasteiger partial charge in [0, 0.05) is 36.0 Å². The molecule has 106 valence electrons. The molecule has 7 N–H and O–H groups in total. The van der Waals surface area contributed by atoms with Gasteiger partial charge in [0.25, 0.3) is 0 Å². The summed E-state index contributed by atoms with van der Waals surface area (Å²) in [7, 11) is 1.00. The lowest BCUT2D eigenvalue weighted by atomic mass is 10.1. The van der Waals surface area contributed by atoms with Crippen LogP contribution in [0.1, 0.15) is 12.5 Å². The summed E-state index contributed by atoms with van der Waals surface area (Å²) in [6, 6.07) is 7.08. The molecule has 2 aromatic rings. The first-order valence-corrected chi connectivity index (χ1v) is 5.81. The molecule has 7 heteroatoms. The Morgan fingerprint density at radius 2 is 1.95 bits per heavy atom. The zero-order valence-corrected chi connectivity index (χ0v) is 11.4. The van der Waals surface area contributed by atoms with E-state index in [0.717, 1.165) is 12.8 Å². The standard InChI is InChI=1S/C12H14N6.CH4O/c1-7(13)9-6-8(2-3-10(9)14)17-11-4-5-16-12(15)18-11;1-2/h2-6,13H,14H2,1H3,(H3,15,16,17,18);2H,1H3. The average Bonchev–Trinajstić information content (AvgIpc) is 2.43. The fourth-order valence-corrected chi connectivity index (χ4v) is 1.55. The molecular weight excluding hydrogens is 256 g/mol. The molecule has 0 bridgehead atoms. The molecule has 7 nitrogen and oxygen atoms in total. The van der Waals surface area contributed by atoms with Crippen molar-refractivity contribution in [3.8, 4) is 0 Å². The van der Waals surface area contributed by atoms with E-state index in [1.165, 1.54) is 0 Å². The van der Waals surface area contributed by atoms with Crippen LogP contribution in [0.4, 0.5) is 23.1 Å². The van der Waals surface area contributed by atoms with Gasteiger partial charge in [0.2, 0.25) is 5.95 Å². The highest BCUT2D eigenvalue weighted by atomic mass is 16.2. The molecule has 0 saturated carbocycles. The zero-order chi connectivity index (χ0) is 15.1. The lowest BCUT2D eigenvalue weighted by Gasteiger charge is -2.09. The van der Waals surface area contributed by atoms with Gasteiger partial charge in [-0.05, 0) is 31.2 Å². The first-order chi connectivity index (χ1) is 9.56. The number of benzene rings is 1. The number of hydrogen-bond donors (Lipinski definition) is 5. The molecule has 0 aliphatic carbocycles. The van der Waals surface area contributed by atoms with Crippen LogP contribution in [0.25, 0.3) is 0 Å². The summed E-state index contributed by atoms with van der Waals surface area (Å²) in [5.41, 5.74) is 13.8. The fourth-order valence-electron chi connectivity index (χ4n) is 1.55. The minimum atomic E-state index is 0.207. The van der Waals surface area contributed by atoms with Gasteiger partial charge in [0.1, 0.15) is 5.82 Å². The monoisotopic (exact) mass is 274 g/mol. The fraction of sp³-hybridized carbons (Fsp3) is 0.154. The highest BCUT2D eigenvalue weighted by molar-refractivity contribution is 6.01. The maximum atomic E-state index is 7.63. The minimum Gasteiger partial charge on any atom is -0.400 e. The van der Waals surface area contributed by atoms with Crippen molar-refractivity contribution in [2.24, 2.45) is 0 Å². The van der Waals surface area contributed by atoms with Crippen molar-refractivity contribution >= 4 is 28.9 Å². The molecule has 0 spiro atoms. The molecule has 0 amide bonds. The second-order valence-electron chi connectivity index (χ2n) is 3.85. The predicted molar refractivity (Wildman–Crippen MR) is 81.2 cm³/mol. The lowest BCUT2D eigenvalue weighted by Crippen LogP contribution is -2.02. The van der Waals surface area contributed by atoms with Crippen LogP contribution in [-0.4, -0.2) is 27.9 Å². The number of nitrogens with two attached hydrogens (primary N) is 2. The largest absolute Gasteiger partial charge is 0.400 e. The van der Waals surface area contributed by atoms with Crippen LogP contribution < -0.4 is 16.8 Å². The van der Waals surface area contributed by atoms with Crippen molar-refractivity contribution in [2.75, 3.05) is 23.9 Å². The molecule has 1 aromatic heterocycles. The van der Waals surface area contributed by atoms with Crippen LogP contribution in [0.5, 0.6) is 0 Å². The van der Waals surface area contributed by atoms with Crippen LogP contribution in [-0.2, 0) is 0 Å². The van der Waals surface area contributed by atoms with Crippen LogP contribution in [0.2, 0.25) is 0 Å². The molecule has 0 radical (unpaired) electrons. The first kappa shape index (κ1) is 15.4. The number of nitrogen functional groups attached to an aromatic ring is 2. The smallest absolute Gasteiger partial charge is 0.221 e. The number of aromatic nitrogens is 2. The van der Waals surface area contributed by atoms with Crippen molar-refractivity contribution in [1.82, 2.24) is 9.97 Å². The molecule has 1 heterocycles. The zero-order valence-electron chi connectivity index (χ0n) is 11.4. The number of aliphatic hydroxyl groups is 1. The molecule has 0 aliphatic rings. The molecule has 0 aliphatic heterocycles. The van der Waals surface area contributed by atoms with E-state index in [0.29, 0.717) is 22.8 Å². The Hall–Kier alpha value is -2.67. The van der Waals surface area contributed by atoms with E-state index in [1.54, 1.807) is 31.3 Å². The van der Waals surface area contributed by atoms with Gasteiger partial charge in [-0.1, -0.05) is 0 Å². The highest BCUT2D eigenvalue weighted by Gasteiger charge is 2.04. The van der Waals surface area contributed by atoms with Crippen molar-refractivity contribution in [2.45, 2.75) is 6.92 Å². The van der Waals surface area contributed by atoms with Crippen molar-refractivity contribution in [3.05, 3.63) is 36.0 Å². The molecule has 0 unspecified atom stereocenters. The molecule has 1 aromatic carbocycles. The quantitative estimate of drug-likeness (QED) is 0.424. The molecular formula is C13H18N6O. The van der Waals surface area contributed by atoms with Crippen LogP contribution in [0.3, 0.4) is 0 Å². The SMILES string of the molecule is CC(=N)c1cc(Nc2ccnc(N)n2)ccc1N.CO. The molecule has 2 rings (SSSR count). The van der Waals surface area contributed by atoms with Gasteiger partial charge in [-0.2, -0.15) is 4.98 Å². The first-order valence-electron chi connectivity index (χ1n) is 5.81. The van der Waals surface area contributed by atoms with Gasteiger partial charge in [0.05, 0.1) is 0 Å². The van der Waals surface area contributed by atoms with Gasteiger partial charge in [0.15, 0.2) is 0 Å². The Balaban J connectivity index is 0.000000956. The highest BCUT2D eigenvalue weighted by Crippen LogP contribution is 2.21. The summed E-state index contributed by atoms with van der Waals surface area (Å²) in [6.45, 7) is 1.69. The summed E-state index contributed by atoms with van der Waals surface area (Å²) >= 11 is 0. The van der Waals surface area contributed by atoms with Gasteiger partial charge in [-0.25, -0.2) is 4.98 Å². The van der Waals surface area contributed by atoms with Gasteiger partial charge < -0.3 is 27.3 Å². The average molecular weight is 274 g/mol. The predicted octanol–water partition coefficient (Wildman–Crippen LogP) is 1.38. The summed E-state index contributed by atoms with van der Waals surface area (Å²) in [5.74, 6) is 0.805. The van der Waals surface area contributed by atoms with E-state index in [-0.39, 0.29) is 5.95 Å². The summed E-state index contributed by atoms with van der Waals surface area (Å²) in [5, 5.41) is 17.7. The van der Waals surface area contributed by atoms with E-state index in [2.05, 4.69) is 15.3 Å². The minimum absolute atomic E-state index is 0.207. The van der Waals surface area contributed by atoms with Gasteiger partial charge >= 0.3 is 0 Å². The molecule has 20 heavy (non-hydrogen) atoms. The number of nitrogens with one attached hydrogen (secondary N) is 2. The normalized spacial score (nSPS) is 9.35. The Bertz CT molecular complexity index is 599. The molecule has 0 saturated heterocycles. The Morgan fingerprint density at radius 1 is 1.25 bits per heavy atom. The molecule has 0 fully saturated rings. The Kier molecular flexibility index (Phi) is 5.42. The lowest BCUT2D eigenvalue weighted by molar-refractivity contribution is 0.399. The van der Waals surface area contributed by atoms with Crippen LogP contribution in [0, 0.1) is 5.41 Å². The number of hydrogen-bond acceptors (Lipinski definition) is 7. The number of nitrogens with zero attached hydrogens (tertiary/aromatic N) is 2. The maximum absolute atomic E-state index is 7.63. The second-order valence-corrected chi connectivity index (χ2v) is 3.85. The second kappa shape index (κ2) is 7.05. The number of aliphatic hydroxyl groups excluding tert-OH is 1. The van der Waals surface area contributed by atoms with Crippen molar-refractivity contribution in [3.63, 3.8) is 0 Å². The van der Waals surface area contributed by atoms with Gasteiger partial charge in [-0.3, -0.25) is 0 Å². The van der Waals surface area contributed by atoms with Crippen molar-refractivity contribution < 1.29 is 5.11 Å². The summed E-state index contributed by atoms with van der Waals surface area (Å²) in [4.78, 5) is 7.85. The van der Waals surface area contributed by atoms with E-state index in [1.807, 2.05) is 6.07 Å². The number of rotatable bonds is 3. The van der Waals surface area contributed by atoms with Crippen LogP contribution in [0.15, 0.2) is 30.5 Å². The summed E-state index contributed by atoms with van der Waals surface area (Å²) < 4.78 is 0. The van der Waals surface area contributed by atoms with E-state index in [9.17, 15) is 0 Å². The third-order valence-corrected chi connectivity index (χ3v) is 2.40. The third-order valence-electron chi connectivity index (χ3n) is 2.40. The van der Waals surface area contributed by atoms with Gasteiger partial charge in [-0.15, -0.1) is 0 Å². The number of anilines is 4. The van der Waals surface area contributed by atoms with Crippen molar-refractivity contribution in [1.29, 1.82) is 5.41 Å². The third kappa shape index (κ3) is 3.92. The maximum Gasteiger partial charge on any atom is 0.221 e.